The van der Waals surface area contributed by atoms with Gasteiger partial charge in [0.2, 0.25) is 0 Å². The van der Waals surface area contributed by atoms with Gasteiger partial charge < -0.3 is 10.6 Å². The predicted molar refractivity (Wildman–Crippen MR) is 79.3 cm³/mol. The first-order chi connectivity index (χ1) is 8.58. The summed E-state index contributed by atoms with van der Waals surface area (Å²) in [6, 6.07) is 7.60. The van der Waals surface area contributed by atoms with Crippen molar-refractivity contribution in [3.05, 3.63) is 35.4 Å². The number of carbonyl (C=O) groups is 2. The number of hydrogen-bond acceptors (Lipinski definition) is 2. The van der Waals surface area contributed by atoms with Crippen LogP contribution >= 0.6 is 0 Å². The zero-order chi connectivity index (χ0) is 13.1. The van der Waals surface area contributed by atoms with E-state index >= 15 is 0 Å². The Balaban J connectivity index is 0.00000180. The molecule has 0 spiro atoms. The first-order valence-electron chi connectivity index (χ1n) is 6.42. The summed E-state index contributed by atoms with van der Waals surface area (Å²) in [4.78, 5) is 22.4. The first kappa shape index (κ1) is 19.3. The number of rotatable bonds is 4. The summed E-state index contributed by atoms with van der Waals surface area (Å²) < 4.78 is 0. The average Bonchev–Trinajstić information content (AvgIpc) is 2.75. The van der Waals surface area contributed by atoms with Crippen molar-refractivity contribution >= 4 is 41.3 Å². The Kier molecular flexibility index (Phi) is 8.28. The first-order valence-corrected chi connectivity index (χ1v) is 6.42. The van der Waals surface area contributed by atoms with E-state index in [2.05, 4.69) is 0 Å². The minimum atomic E-state index is -0.811. The van der Waals surface area contributed by atoms with Gasteiger partial charge in [-0.1, -0.05) is 24.3 Å². The molecule has 4 nitrogen and oxygen atoms in total. The Morgan fingerprint density at radius 2 is 1.95 bits per heavy atom. The minimum absolute atomic E-state index is 0. The summed E-state index contributed by atoms with van der Waals surface area (Å²) >= 11 is 0. The average molecular weight is 288 g/mol. The molecular formula is C15H21NaO4. The number of carboxylic acid groups (broad SMARTS) is 1. The van der Waals surface area contributed by atoms with Crippen LogP contribution in [-0.2, 0) is 16.0 Å². The Morgan fingerprint density at radius 1 is 1.35 bits per heavy atom. The summed E-state index contributed by atoms with van der Waals surface area (Å²) in [5.41, 5.74) is 1.93. The summed E-state index contributed by atoms with van der Waals surface area (Å²) in [5, 5.41) is 8.92. The molecule has 1 fully saturated rings. The molecule has 20 heavy (non-hydrogen) atoms. The SMILES string of the molecule is CC(C(=O)O)c1ccc(CC2CCCC2=O)cc1.O.[NaH]. The monoisotopic (exact) mass is 288 g/mol. The van der Waals surface area contributed by atoms with Crippen molar-refractivity contribution in [2.75, 3.05) is 0 Å². The normalized spacial score (nSPS) is 18.9. The molecule has 0 aromatic heterocycles. The maximum absolute atomic E-state index is 11.6. The molecule has 0 saturated heterocycles. The molecule has 0 aliphatic heterocycles. The van der Waals surface area contributed by atoms with Gasteiger partial charge in [0, 0.05) is 12.3 Å². The molecule has 2 rings (SSSR count). The molecule has 1 aromatic carbocycles. The molecule has 1 aromatic rings. The van der Waals surface area contributed by atoms with E-state index in [1.165, 1.54) is 0 Å². The van der Waals surface area contributed by atoms with E-state index < -0.39 is 11.9 Å². The molecule has 0 radical (unpaired) electrons. The van der Waals surface area contributed by atoms with Gasteiger partial charge in [0.1, 0.15) is 5.78 Å². The van der Waals surface area contributed by atoms with E-state index in [1.807, 2.05) is 24.3 Å². The van der Waals surface area contributed by atoms with Crippen molar-refractivity contribution in [1.29, 1.82) is 0 Å². The van der Waals surface area contributed by atoms with Crippen LogP contribution in [0.15, 0.2) is 24.3 Å². The van der Waals surface area contributed by atoms with Crippen LogP contribution in [-0.4, -0.2) is 51.9 Å². The van der Waals surface area contributed by atoms with Crippen LogP contribution in [0.4, 0.5) is 0 Å². The van der Waals surface area contributed by atoms with Gasteiger partial charge in [0.05, 0.1) is 5.92 Å². The number of carboxylic acids is 1. The number of ketones is 1. The van der Waals surface area contributed by atoms with Crippen LogP contribution in [0.3, 0.4) is 0 Å². The molecule has 5 heteroatoms. The van der Waals surface area contributed by atoms with Gasteiger partial charge in [0.15, 0.2) is 0 Å². The number of carbonyl (C=O) groups excluding carboxylic acids is 1. The van der Waals surface area contributed by atoms with E-state index in [1.54, 1.807) is 6.92 Å². The number of benzene rings is 1. The van der Waals surface area contributed by atoms with E-state index in [4.69, 9.17) is 5.11 Å². The summed E-state index contributed by atoms with van der Waals surface area (Å²) in [7, 11) is 0. The second-order valence-electron chi connectivity index (χ2n) is 5.06. The molecule has 1 aliphatic rings. The summed E-state index contributed by atoms with van der Waals surface area (Å²) in [6.45, 7) is 1.68. The Hall–Kier alpha value is -0.680. The molecule has 0 bridgehead atoms. The topological polar surface area (TPSA) is 85.9 Å². The van der Waals surface area contributed by atoms with Crippen molar-refractivity contribution < 1.29 is 20.2 Å². The van der Waals surface area contributed by atoms with Crippen LogP contribution in [0.2, 0.25) is 0 Å². The number of aliphatic carboxylic acids is 1. The molecule has 0 heterocycles. The van der Waals surface area contributed by atoms with Gasteiger partial charge in [-0.3, -0.25) is 9.59 Å². The quantitative estimate of drug-likeness (QED) is 0.848. The van der Waals surface area contributed by atoms with Crippen molar-refractivity contribution in [1.82, 2.24) is 0 Å². The van der Waals surface area contributed by atoms with Crippen molar-refractivity contribution in [3.8, 4) is 0 Å². The van der Waals surface area contributed by atoms with E-state index in [-0.39, 0.29) is 41.0 Å². The fourth-order valence-corrected chi connectivity index (χ4v) is 2.47. The van der Waals surface area contributed by atoms with Crippen LogP contribution in [0.25, 0.3) is 0 Å². The second kappa shape index (κ2) is 8.57. The van der Waals surface area contributed by atoms with E-state index in [9.17, 15) is 9.59 Å². The predicted octanol–water partition coefficient (Wildman–Crippen LogP) is 1.31. The zero-order valence-corrected chi connectivity index (χ0v) is 11.1. The third-order valence-electron chi connectivity index (χ3n) is 3.76. The van der Waals surface area contributed by atoms with Gasteiger partial charge >= 0.3 is 35.5 Å². The van der Waals surface area contributed by atoms with Crippen LogP contribution in [0, 0.1) is 5.92 Å². The van der Waals surface area contributed by atoms with Crippen LogP contribution in [0.5, 0.6) is 0 Å². The van der Waals surface area contributed by atoms with E-state index in [0.29, 0.717) is 5.78 Å². The van der Waals surface area contributed by atoms with Gasteiger partial charge in [-0.05, 0) is 37.3 Å². The van der Waals surface area contributed by atoms with Crippen molar-refractivity contribution in [2.45, 2.75) is 38.5 Å². The van der Waals surface area contributed by atoms with Crippen LogP contribution < -0.4 is 0 Å². The molecule has 1 aliphatic carbocycles. The van der Waals surface area contributed by atoms with Crippen molar-refractivity contribution in [2.24, 2.45) is 5.92 Å². The number of Topliss-reactive ketones (excluding diaryl/α,β-unsaturated/α-hetero) is 1. The molecule has 2 atom stereocenters. The van der Waals surface area contributed by atoms with Gasteiger partial charge in [-0.25, -0.2) is 0 Å². The molecule has 2 unspecified atom stereocenters. The fraction of sp³-hybridized carbons (Fsp3) is 0.467. The van der Waals surface area contributed by atoms with Crippen LogP contribution in [0.1, 0.15) is 43.2 Å². The summed E-state index contributed by atoms with van der Waals surface area (Å²) in [6.07, 6.45) is 3.52. The third-order valence-corrected chi connectivity index (χ3v) is 3.76. The molecule has 1 saturated carbocycles. The van der Waals surface area contributed by atoms with Gasteiger partial charge in [0.25, 0.3) is 0 Å². The summed E-state index contributed by atoms with van der Waals surface area (Å²) in [5.74, 6) is -0.744. The van der Waals surface area contributed by atoms with Crippen molar-refractivity contribution in [3.63, 3.8) is 0 Å². The molecule has 106 valence electrons. The molecule has 0 amide bonds. The zero-order valence-electron chi connectivity index (χ0n) is 11.1. The standard InChI is InChI=1S/C15H18O3.Na.H2O.H/c1-10(15(17)18)12-7-5-11(6-8-12)9-13-3-2-4-14(13)16;;;/h5-8,10,13H,2-4,9H2,1H3,(H,17,18);;1H2;. The second-order valence-corrected chi connectivity index (χ2v) is 5.06. The van der Waals surface area contributed by atoms with Gasteiger partial charge in [-0.15, -0.1) is 0 Å². The Labute approximate surface area is 141 Å². The Bertz CT molecular complexity index is 455. The molecular weight excluding hydrogens is 267 g/mol. The maximum atomic E-state index is 11.6. The Morgan fingerprint density at radius 3 is 2.40 bits per heavy atom. The molecule has 3 N–H and O–H groups in total. The number of hydrogen-bond donors (Lipinski definition) is 1. The third kappa shape index (κ3) is 4.70. The fourth-order valence-electron chi connectivity index (χ4n) is 2.47. The van der Waals surface area contributed by atoms with E-state index in [0.717, 1.165) is 36.8 Å². The van der Waals surface area contributed by atoms with Gasteiger partial charge in [-0.2, -0.15) is 0 Å².